The molecule has 0 fully saturated rings. The minimum atomic E-state index is -0.0969. The Morgan fingerprint density at radius 3 is 2.55 bits per heavy atom. The zero-order valence-corrected chi connectivity index (χ0v) is 19.5. The topological polar surface area (TPSA) is 81.9 Å². The van der Waals surface area contributed by atoms with E-state index in [0.717, 1.165) is 28.3 Å². The number of para-hydroxylation sites is 1. The van der Waals surface area contributed by atoms with Crippen molar-refractivity contribution in [3.05, 3.63) is 78.6 Å². The zero-order valence-electron chi connectivity index (χ0n) is 18.7. The van der Waals surface area contributed by atoms with Gasteiger partial charge in [-0.2, -0.15) is 0 Å². The van der Waals surface area contributed by atoms with Crippen molar-refractivity contribution in [2.24, 2.45) is 0 Å². The van der Waals surface area contributed by atoms with E-state index < -0.39 is 0 Å². The normalized spacial score (nSPS) is 10.9. The van der Waals surface area contributed by atoms with Crippen molar-refractivity contribution in [1.82, 2.24) is 19.7 Å². The van der Waals surface area contributed by atoms with Gasteiger partial charge in [0.15, 0.2) is 11.0 Å². The maximum atomic E-state index is 12.8. The summed E-state index contributed by atoms with van der Waals surface area (Å²) in [4.78, 5) is 17.0. The Morgan fingerprint density at radius 1 is 1.06 bits per heavy atom. The molecule has 7 nitrogen and oxygen atoms in total. The molecule has 0 radical (unpaired) electrons. The van der Waals surface area contributed by atoms with Gasteiger partial charge in [-0.15, -0.1) is 10.2 Å². The molecule has 0 unspecified atom stereocenters. The van der Waals surface area contributed by atoms with Crippen LogP contribution in [-0.4, -0.2) is 38.5 Å². The lowest BCUT2D eigenvalue weighted by atomic mass is 10.0. The summed E-state index contributed by atoms with van der Waals surface area (Å²) in [5, 5.41) is 12.4. The third-order valence-corrected chi connectivity index (χ3v) is 6.00. The number of carbonyl (C=O) groups is 1. The van der Waals surface area contributed by atoms with E-state index in [1.807, 2.05) is 65.2 Å². The molecule has 0 aliphatic carbocycles. The largest absolute Gasteiger partial charge is 0.497 e. The Kier molecular flexibility index (Phi) is 7.04. The van der Waals surface area contributed by atoms with Gasteiger partial charge in [-0.3, -0.25) is 14.3 Å². The van der Waals surface area contributed by atoms with Crippen molar-refractivity contribution in [1.29, 1.82) is 0 Å². The Bertz CT molecular complexity index is 1220. The van der Waals surface area contributed by atoms with E-state index in [-0.39, 0.29) is 11.7 Å². The lowest BCUT2D eigenvalue weighted by Crippen LogP contribution is -2.16. The molecule has 4 rings (SSSR count). The average Bonchev–Trinajstić information content (AvgIpc) is 3.27. The second kappa shape index (κ2) is 10.3. The van der Waals surface area contributed by atoms with Gasteiger partial charge < -0.3 is 10.1 Å². The molecule has 33 heavy (non-hydrogen) atoms. The van der Waals surface area contributed by atoms with E-state index in [0.29, 0.717) is 16.9 Å². The summed E-state index contributed by atoms with van der Waals surface area (Å²) in [6.07, 6.45) is 3.46. The number of amides is 1. The van der Waals surface area contributed by atoms with Crippen LogP contribution in [-0.2, 0) is 4.79 Å². The van der Waals surface area contributed by atoms with E-state index >= 15 is 0 Å². The number of thioether (sulfide) groups is 1. The molecule has 0 bridgehead atoms. The highest BCUT2D eigenvalue weighted by Crippen LogP contribution is 2.29. The minimum absolute atomic E-state index is 0.0969. The molecule has 0 saturated heterocycles. The van der Waals surface area contributed by atoms with Crippen LogP contribution in [0, 0.1) is 0 Å². The Hall–Kier alpha value is -3.65. The minimum Gasteiger partial charge on any atom is -0.497 e. The molecule has 1 amide bonds. The Morgan fingerprint density at radius 2 is 1.85 bits per heavy atom. The van der Waals surface area contributed by atoms with Crippen LogP contribution in [0.2, 0.25) is 0 Å². The second-order valence-electron chi connectivity index (χ2n) is 7.66. The highest BCUT2D eigenvalue weighted by atomic mass is 32.2. The molecular weight excluding hydrogens is 434 g/mol. The SMILES string of the molecule is COc1ccc(-n2c(SCC(=O)Nc3ccccc3C(C)C)nnc2-c2cccnc2)cc1. The molecule has 2 aromatic heterocycles. The molecule has 4 aromatic rings. The van der Waals surface area contributed by atoms with E-state index in [1.54, 1.807) is 19.5 Å². The fourth-order valence-corrected chi connectivity index (χ4v) is 4.19. The van der Waals surface area contributed by atoms with Gasteiger partial charge in [0.1, 0.15) is 5.75 Å². The number of hydrogen-bond donors (Lipinski definition) is 1. The molecule has 1 N–H and O–H groups in total. The number of pyridine rings is 1. The summed E-state index contributed by atoms with van der Waals surface area (Å²) in [5.41, 5.74) is 3.65. The molecule has 0 aliphatic rings. The number of methoxy groups -OCH3 is 1. The van der Waals surface area contributed by atoms with Crippen LogP contribution in [0.3, 0.4) is 0 Å². The van der Waals surface area contributed by atoms with Crippen molar-refractivity contribution in [2.45, 2.75) is 24.9 Å². The summed E-state index contributed by atoms with van der Waals surface area (Å²) in [5.74, 6) is 1.83. The van der Waals surface area contributed by atoms with Gasteiger partial charge in [-0.1, -0.05) is 43.8 Å². The Balaban J connectivity index is 1.59. The number of aromatic nitrogens is 4. The van der Waals surface area contributed by atoms with Crippen LogP contribution in [0.5, 0.6) is 5.75 Å². The molecule has 0 saturated carbocycles. The fourth-order valence-electron chi connectivity index (χ4n) is 3.44. The van der Waals surface area contributed by atoms with Gasteiger partial charge in [-0.05, 0) is 53.9 Å². The van der Waals surface area contributed by atoms with Crippen LogP contribution in [0.4, 0.5) is 5.69 Å². The van der Waals surface area contributed by atoms with Crippen molar-refractivity contribution in [2.75, 3.05) is 18.2 Å². The third-order valence-electron chi connectivity index (χ3n) is 5.07. The number of ether oxygens (including phenoxy) is 1. The monoisotopic (exact) mass is 459 g/mol. The van der Waals surface area contributed by atoms with Crippen molar-refractivity contribution in [3.8, 4) is 22.8 Å². The van der Waals surface area contributed by atoms with Crippen molar-refractivity contribution in [3.63, 3.8) is 0 Å². The number of benzene rings is 2. The highest BCUT2D eigenvalue weighted by molar-refractivity contribution is 7.99. The number of nitrogens with zero attached hydrogens (tertiary/aromatic N) is 4. The maximum absolute atomic E-state index is 12.8. The first-order valence-electron chi connectivity index (χ1n) is 10.6. The van der Waals surface area contributed by atoms with Gasteiger partial charge in [0.2, 0.25) is 5.91 Å². The van der Waals surface area contributed by atoms with E-state index in [4.69, 9.17) is 4.74 Å². The first-order valence-corrected chi connectivity index (χ1v) is 11.6. The van der Waals surface area contributed by atoms with Crippen LogP contribution in [0.15, 0.2) is 78.2 Å². The number of anilines is 1. The zero-order chi connectivity index (χ0) is 23.2. The van der Waals surface area contributed by atoms with Crippen LogP contribution in [0.1, 0.15) is 25.3 Å². The lowest BCUT2D eigenvalue weighted by Gasteiger charge is -2.14. The maximum Gasteiger partial charge on any atom is 0.234 e. The molecule has 0 atom stereocenters. The van der Waals surface area contributed by atoms with Gasteiger partial charge in [-0.25, -0.2) is 0 Å². The quantitative estimate of drug-likeness (QED) is 0.365. The van der Waals surface area contributed by atoms with Crippen molar-refractivity contribution < 1.29 is 9.53 Å². The summed E-state index contributed by atoms with van der Waals surface area (Å²) < 4.78 is 7.21. The van der Waals surface area contributed by atoms with Gasteiger partial charge in [0, 0.05) is 29.3 Å². The van der Waals surface area contributed by atoms with Crippen LogP contribution >= 0.6 is 11.8 Å². The predicted molar refractivity (Wildman–Crippen MR) is 131 cm³/mol. The Labute approximate surface area is 197 Å². The van der Waals surface area contributed by atoms with E-state index in [9.17, 15) is 4.79 Å². The standard InChI is InChI=1S/C25H25N5O2S/c1-17(2)21-8-4-5-9-22(21)27-23(31)16-33-25-29-28-24(18-7-6-14-26-15-18)30(25)19-10-12-20(32-3)13-11-19/h4-15,17H,16H2,1-3H3,(H,27,31). The van der Waals surface area contributed by atoms with E-state index in [1.165, 1.54) is 11.8 Å². The number of nitrogens with one attached hydrogen (secondary N) is 1. The van der Waals surface area contributed by atoms with E-state index in [2.05, 4.69) is 34.3 Å². The molecule has 0 spiro atoms. The van der Waals surface area contributed by atoms with Gasteiger partial charge in [0.05, 0.1) is 12.9 Å². The number of hydrogen-bond acceptors (Lipinski definition) is 6. The van der Waals surface area contributed by atoms with Gasteiger partial charge in [0.25, 0.3) is 0 Å². The lowest BCUT2D eigenvalue weighted by molar-refractivity contribution is -0.113. The predicted octanol–water partition coefficient (Wildman–Crippen LogP) is 5.19. The number of rotatable bonds is 8. The first-order chi connectivity index (χ1) is 16.1. The summed E-state index contributed by atoms with van der Waals surface area (Å²) in [7, 11) is 1.63. The molecule has 8 heteroatoms. The summed E-state index contributed by atoms with van der Waals surface area (Å²) in [6, 6.07) is 19.3. The summed E-state index contributed by atoms with van der Waals surface area (Å²) >= 11 is 1.33. The molecule has 2 aromatic carbocycles. The smallest absolute Gasteiger partial charge is 0.234 e. The van der Waals surface area contributed by atoms with Crippen molar-refractivity contribution >= 4 is 23.4 Å². The molecular formula is C25H25N5O2S. The number of carbonyl (C=O) groups excluding carboxylic acids is 1. The fraction of sp³-hybridized carbons (Fsp3) is 0.200. The molecule has 2 heterocycles. The van der Waals surface area contributed by atoms with Crippen LogP contribution in [0.25, 0.3) is 17.1 Å². The average molecular weight is 460 g/mol. The third kappa shape index (κ3) is 5.23. The first kappa shape index (κ1) is 22.5. The summed E-state index contributed by atoms with van der Waals surface area (Å²) in [6.45, 7) is 4.22. The molecule has 0 aliphatic heterocycles. The van der Waals surface area contributed by atoms with Crippen LogP contribution < -0.4 is 10.1 Å². The second-order valence-corrected chi connectivity index (χ2v) is 8.60. The van der Waals surface area contributed by atoms with Gasteiger partial charge >= 0.3 is 0 Å². The molecule has 168 valence electrons. The highest BCUT2D eigenvalue weighted by Gasteiger charge is 2.18.